The van der Waals surface area contributed by atoms with E-state index in [9.17, 15) is 4.79 Å². The molecule has 0 spiro atoms. The zero-order chi connectivity index (χ0) is 20.2. The van der Waals surface area contributed by atoms with Gasteiger partial charge in [-0.1, -0.05) is 37.4 Å². The second-order valence-corrected chi connectivity index (χ2v) is 8.27. The molecule has 0 N–H and O–H groups in total. The molecule has 3 heterocycles. The summed E-state index contributed by atoms with van der Waals surface area (Å²) in [7, 11) is 0. The van der Waals surface area contributed by atoms with Crippen molar-refractivity contribution in [3.8, 4) is 11.3 Å². The quantitative estimate of drug-likeness (QED) is 0.744. The normalized spacial score (nSPS) is 20.8. The highest BCUT2D eigenvalue weighted by atomic mass is 16.5. The molecule has 0 aromatic carbocycles. The van der Waals surface area contributed by atoms with Crippen molar-refractivity contribution in [3.05, 3.63) is 35.3 Å². The Hall–Kier alpha value is -2.21. The average Bonchev–Trinajstić information content (AvgIpc) is 3.15. The van der Waals surface area contributed by atoms with Crippen molar-refractivity contribution >= 4 is 5.91 Å². The molecule has 156 valence electrons. The van der Waals surface area contributed by atoms with Gasteiger partial charge in [0.05, 0.1) is 35.8 Å². The summed E-state index contributed by atoms with van der Waals surface area (Å²) in [5.41, 5.74) is 3.53. The van der Waals surface area contributed by atoms with E-state index >= 15 is 0 Å². The van der Waals surface area contributed by atoms with Crippen LogP contribution in [0.2, 0.25) is 0 Å². The van der Waals surface area contributed by atoms with Crippen molar-refractivity contribution in [1.82, 2.24) is 15.0 Å². The van der Waals surface area contributed by atoms with Gasteiger partial charge in [0.25, 0.3) is 0 Å². The van der Waals surface area contributed by atoms with Gasteiger partial charge in [0, 0.05) is 19.4 Å². The highest BCUT2D eigenvalue weighted by molar-refractivity contribution is 5.76. The average molecular weight is 398 g/mol. The van der Waals surface area contributed by atoms with E-state index in [-0.39, 0.29) is 12.0 Å². The van der Waals surface area contributed by atoms with E-state index in [4.69, 9.17) is 14.2 Å². The van der Waals surface area contributed by atoms with Crippen LogP contribution in [0.15, 0.2) is 22.7 Å². The third-order valence-electron chi connectivity index (χ3n) is 6.22. The number of carbonyl (C=O) groups excluding carboxylic acids is 1. The van der Waals surface area contributed by atoms with Crippen LogP contribution < -0.4 is 0 Å². The van der Waals surface area contributed by atoms with Crippen molar-refractivity contribution < 1.29 is 14.1 Å². The third kappa shape index (κ3) is 4.53. The topological polar surface area (TPSA) is 68.5 Å². The molecule has 4 rings (SSSR count). The molecule has 0 radical (unpaired) electrons. The number of morpholine rings is 1. The van der Waals surface area contributed by atoms with Crippen LogP contribution in [-0.2, 0) is 16.0 Å². The lowest BCUT2D eigenvalue weighted by molar-refractivity contribution is -0.140. The van der Waals surface area contributed by atoms with Gasteiger partial charge in [0.2, 0.25) is 5.91 Å². The fraction of sp³-hybridized carbons (Fsp3) is 0.609. The Balaban J connectivity index is 1.47. The number of pyridine rings is 1. The molecule has 0 unspecified atom stereocenters. The molecular formula is C23H31N3O3. The van der Waals surface area contributed by atoms with Crippen LogP contribution in [0.1, 0.15) is 68.7 Å². The SMILES string of the molecule is CCc1onc(C)c1-c1cccc([C@@H]2CN(C(=O)CC3CCCCC3)CCO2)n1. The summed E-state index contributed by atoms with van der Waals surface area (Å²) in [5, 5.41) is 4.10. The van der Waals surface area contributed by atoms with E-state index in [1.165, 1.54) is 32.1 Å². The number of carbonyl (C=O) groups is 1. The monoisotopic (exact) mass is 397 g/mol. The van der Waals surface area contributed by atoms with E-state index in [0.29, 0.717) is 32.0 Å². The Morgan fingerprint density at radius 2 is 2.07 bits per heavy atom. The second-order valence-electron chi connectivity index (χ2n) is 8.27. The van der Waals surface area contributed by atoms with Gasteiger partial charge in [-0.15, -0.1) is 0 Å². The van der Waals surface area contributed by atoms with Crippen LogP contribution in [0.3, 0.4) is 0 Å². The molecule has 2 aromatic heterocycles. The third-order valence-corrected chi connectivity index (χ3v) is 6.22. The molecule has 2 fully saturated rings. The summed E-state index contributed by atoms with van der Waals surface area (Å²) in [6, 6.07) is 5.96. The van der Waals surface area contributed by atoms with Gasteiger partial charge in [-0.2, -0.15) is 0 Å². The van der Waals surface area contributed by atoms with Crippen LogP contribution >= 0.6 is 0 Å². The summed E-state index contributed by atoms with van der Waals surface area (Å²) in [4.78, 5) is 19.7. The number of rotatable bonds is 5. The molecule has 1 amide bonds. The lowest BCUT2D eigenvalue weighted by atomic mass is 9.86. The van der Waals surface area contributed by atoms with Gasteiger partial charge in [0.15, 0.2) is 0 Å². The summed E-state index contributed by atoms with van der Waals surface area (Å²) in [6.45, 7) is 5.79. The molecule has 1 aliphatic heterocycles. The first-order chi connectivity index (χ1) is 14.2. The van der Waals surface area contributed by atoms with Gasteiger partial charge >= 0.3 is 0 Å². The lowest BCUT2D eigenvalue weighted by Crippen LogP contribution is -2.43. The minimum atomic E-state index is -0.191. The zero-order valence-electron chi connectivity index (χ0n) is 17.5. The summed E-state index contributed by atoms with van der Waals surface area (Å²) < 4.78 is 11.4. The molecule has 6 heteroatoms. The Morgan fingerprint density at radius 3 is 2.86 bits per heavy atom. The summed E-state index contributed by atoms with van der Waals surface area (Å²) in [5.74, 6) is 1.67. The van der Waals surface area contributed by atoms with E-state index in [1.807, 2.05) is 36.9 Å². The fourth-order valence-corrected chi connectivity index (χ4v) is 4.58. The number of aryl methyl sites for hydroxylation is 2. The van der Waals surface area contributed by atoms with Gasteiger partial charge in [-0.3, -0.25) is 4.79 Å². The largest absolute Gasteiger partial charge is 0.368 e. The minimum Gasteiger partial charge on any atom is -0.368 e. The maximum absolute atomic E-state index is 12.9. The number of hydrogen-bond donors (Lipinski definition) is 0. The van der Waals surface area contributed by atoms with Crippen LogP contribution in [0.25, 0.3) is 11.3 Å². The molecule has 1 atom stereocenters. The molecule has 1 aliphatic carbocycles. The Labute approximate surface area is 172 Å². The van der Waals surface area contributed by atoms with Crippen LogP contribution in [0.4, 0.5) is 0 Å². The second kappa shape index (κ2) is 9.08. The van der Waals surface area contributed by atoms with Crippen molar-refractivity contribution in [3.63, 3.8) is 0 Å². The van der Waals surface area contributed by atoms with Gasteiger partial charge in [-0.05, 0) is 37.8 Å². The number of hydrogen-bond acceptors (Lipinski definition) is 5. The highest BCUT2D eigenvalue weighted by Crippen LogP contribution is 2.30. The zero-order valence-corrected chi connectivity index (χ0v) is 17.5. The van der Waals surface area contributed by atoms with Gasteiger partial charge in [-0.25, -0.2) is 4.98 Å². The Bertz CT molecular complexity index is 842. The maximum atomic E-state index is 12.9. The van der Waals surface area contributed by atoms with Crippen molar-refractivity contribution in [2.45, 2.75) is 64.9 Å². The highest BCUT2D eigenvalue weighted by Gasteiger charge is 2.28. The molecule has 2 aromatic rings. The maximum Gasteiger partial charge on any atom is 0.223 e. The van der Waals surface area contributed by atoms with Gasteiger partial charge < -0.3 is 14.2 Å². The predicted octanol–water partition coefficient (Wildman–Crippen LogP) is 4.48. The summed E-state index contributed by atoms with van der Waals surface area (Å²) in [6.07, 6.45) is 7.50. The first-order valence-electron chi connectivity index (χ1n) is 11.0. The molecule has 1 saturated heterocycles. The standard InChI is InChI=1S/C23H31N3O3/c1-3-20-23(16(2)25-29-20)19-11-7-10-18(24-19)21-15-26(12-13-28-21)22(27)14-17-8-5-4-6-9-17/h7,10-11,17,21H,3-6,8-9,12-15H2,1-2H3/t21-/m0/s1. The van der Waals surface area contributed by atoms with Crippen LogP contribution in [-0.4, -0.2) is 40.6 Å². The van der Waals surface area contributed by atoms with Crippen LogP contribution in [0, 0.1) is 12.8 Å². The van der Waals surface area contributed by atoms with E-state index < -0.39 is 0 Å². The van der Waals surface area contributed by atoms with Crippen molar-refractivity contribution in [2.24, 2.45) is 5.92 Å². The van der Waals surface area contributed by atoms with E-state index in [0.717, 1.165) is 34.8 Å². The number of nitrogens with zero attached hydrogens (tertiary/aromatic N) is 3. The number of amides is 1. The molecular weight excluding hydrogens is 366 g/mol. The van der Waals surface area contributed by atoms with Crippen molar-refractivity contribution in [1.29, 1.82) is 0 Å². The predicted molar refractivity (Wildman–Crippen MR) is 110 cm³/mol. The van der Waals surface area contributed by atoms with E-state index in [2.05, 4.69) is 5.16 Å². The molecule has 0 bridgehead atoms. The smallest absolute Gasteiger partial charge is 0.223 e. The van der Waals surface area contributed by atoms with Crippen molar-refractivity contribution in [2.75, 3.05) is 19.7 Å². The first kappa shape index (κ1) is 20.1. The van der Waals surface area contributed by atoms with E-state index in [1.54, 1.807) is 0 Å². The minimum absolute atomic E-state index is 0.191. The number of ether oxygens (including phenoxy) is 1. The Morgan fingerprint density at radius 1 is 1.24 bits per heavy atom. The summed E-state index contributed by atoms with van der Waals surface area (Å²) >= 11 is 0. The first-order valence-corrected chi connectivity index (χ1v) is 11.0. The molecule has 29 heavy (non-hydrogen) atoms. The van der Waals surface area contributed by atoms with Crippen LogP contribution in [0.5, 0.6) is 0 Å². The molecule has 2 aliphatic rings. The Kier molecular flexibility index (Phi) is 6.28. The van der Waals surface area contributed by atoms with Gasteiger partial charge in [0.1, 0.15) is 11.9 Å². The molecule has 1 saturated carbocycles. The lowest BCUT2D eigenvalue weighted by Gasteiger charge is -2.34. The molecule has 6 nitrogen and oxygen atoms in total. The fourth-order valence-electron chi connectivity index (χ4n) is 4.58. The number of aromatic nitrogens is 2.